The molecule has 7 nitrogen and oxygen atoms in total. The van der Waals surface area contributed by atoms with E-state index in [0.717, 1.165) is 30.6 Å². The number of ether oxygens (including phenoxy) is 1. The summed E-state index contributed by atoms with van der Waals surface area (Å²) in [5.41, 5.74) is 1.28. The van der Waals surface area contributed by atoms with Gasteiger partial charge in [0.25, 0.3) is 5.91 Å². The molecule has 134 valence electrons. The van der Waals surface area contributed by atoms with Crippen LogP contribution in [0, 0.1) is 0 Å². The van der Waals surface area contributed by atoms with Crippen molar-refractivity contribution in [2.24, 2.45) is 0 Å². The number of rotatable bonds is 4. The summed E-state index contributed by atoms with van der Waals surface area (Å²) in [7, 11) is 0. The van der Waals surface area contributed by atoms with Gasteiger partial charge in [-0.05, 0) is 31.9 Å². The van der Waals surface area contributed by atoms with Crippen LogP contribution >= 0.6 is 0 Å². The van der Waals surface area contributed by atoms with E-state index in [0.29, 0.717) is 25.4 Å². The number of hydrogen-bond acceptors (Lipinski definition) is 4. The summed E-state index contributed by atoms with van der Waals surface area (Å²) < 4.78 is 6.97. The molecule has 0 aliphatic carbocycles. The molecule has 2 aromatic heterocycles. The van der Waals surface area contributed by atoms with E-state index in [1.165, 1.54) is 0 Å². The third-order valence-electron chi connectivity index (χ3n) is 4.51. The fraction of sp³-hybridized carbons (Fsp3) is 0.500. The van der Waals surface area contributed by atoms with Crippen molar-refractivity contribution in [3.63, 3.8) is 0 Å². The number of nitrogens with zero attached hydrogens (tertiary/aromatic N) is 3. The average Bonchev–Trinajstić information content (AvgIpc) is 3.01. The molecule has 2 amide bonds. The van der Waals surface area contributed by atoms with Gasteiger partial charge in [0.15, 0.2) is 5.69 Å². The second-order valence-corrected chi connectivity index (χ2v) is 6.12. The molecule has 0 bridgehead atoms. The largest absolute Gasteiger partial charge is 0.450 e. The van der Waals surface area contributed by atoms with Crippen molar-refractivity contribution in [1.82, 2.24) is 19.6 Å². The normalized spacial score (nSPS) is 15.4. The number of aryl methyl sites for hydroxylation is 1. The van der Waals surface area contributed by atoms with Crippen LogP contribution in [0.1, 0.15) is 43.0 Å². The Kier molecular flexibility index (Phi) is 5.21. The van der Waals surface area contributed by atoms with Crippen molar-refractivity contribution in [3.8, 4) is 0 Å². The number of amides is 2. The number of imidazole rings is 1. The Labute approximate surface area is 147 Å². The molecule has 2 aromatic rings. The van der Waals surface area contributed by atoms with Crippen LogP contribution in [-0.2, 0) is 11.2 Å². The van der Waals surface area contributed by atoms with Crippen LogP contribution in [0.15, 0.2) is 24.4 Å². The number of hydrogen-bond donors (Lipinski definition) is 1. The molecule has 1 saturated heterocycles. The van der Waals surface area contributed by atoms with Crippen molar-refractivity contribution in [3.05, 3.63) is 35.9 Å². The highest BCUT2D eigenvalue weighted by atomic mass is 16.6. The third kappa shape index (κ3) is 3.60. The summed E-state index contributed by atoms with van der Waals surface area (Å²) in [6.45, 7) is 5.38. The van der Waals surface area contributed by atoms with E-state index in [1.54, 1.807) is 11.8 Å². The van der Waals surface area contributed by atoms with Gasteiger partial charge in [0.2, 0.25) is 0 Å². The predicted molar refractivity (Wildman–Crippen MR) is 93.7 cm³/mol. The van der Waals surface area contributed by atoms with Gasteiger partial charge in [-0.25, -0.2) is 9.78 Å². The summed E-state index contributed by atoms with van der Waals surface area (Å²) in [6, 6.07) is 5.79. The number of carbonyl (C=O) groups excluding carboxylic acids is 2. The highest BCUT2D eigenvalue weighted by molar-refractivity contribution is 5.99. The number of nitrogens with one attached hydrogen (secondary N) is 1. The van der Waals surface area contributed by atoms with Crippen molar-refractivity contribution in [1.29, 1.82) is 0 Å². The van der Waals surface area contributed by atoms with Gasteiger partial charge in [-0.15, -0.1) is 0 Å². The summed E-state index contributed by atoms with van der Waals surface area (Å²) in [5.74, 6) is 0.718. The molecule has 0 unspecified atom stereocenters. The van der Waals surface area contributed by atoms with Gasteiger partial charge in [-0.2, -0.15) is 0 Å². The molecule has 3 heterocycles. The fourth-order valence-corrected chi connectivity index (χ4v) is 3.19. The zero-order valence-corrected chi connectivity index (χ0v) is 14.7. The molecule has 1 N–H and O–H groups in total. The first-order chi connectivity index (χ1) is 12.1. The molecule has 0 atom stereocenters. The van der Waals surface area contributed by atoms with Gasteiger partial charge in [-0.3, -0.25) is 4.79 Å². The van der Waals surface area contributed by atoms with Crippen molar-refractivity contribution >= 4 is 17.5 Å². The van der Waals surface area contributed by atoms with Crippen LogP contribution in [0.4, 0.5) is 4.79 Å². The topological polar surface area (TPSA) is 75.9 Å². The van der Waals surface area contributed by atoms with Crippen LogP contribution < -0.4 is 5.32 Å². The number of pyridine rings is 1. The molecule has 0 saturated carbocycles. The van der Waals surface area contributed by atoms with Gasteiger partial charge >= 0.3 is 6.09 Å². The molecule has 1 fully saturated rings. The number of fused-ring (bicyclic) bond motifs is 1. The lowest BCUT2D eigenvalue weighted by Gasteiger charge is -2.31. The Bertz CT molecular complexity index is 763. The van der Waals surface area contributed by atoms with E-state index < -0.39 is 0 Å². The number of carbonyl (C=O) groups is 2. The Morgan fingerprint density at radius 1 is 1.28 bits per heavy atom. The minimum absolute atomic E-state index is 0.0451. The molecule has 1 aliphatic rings. The minimum atomic E-state index is -0.278. The summed E-state index contributed by atoms with van der Waals surface area (Å²) >= 11 is 0. The zero-order valence-electron chi connectivity index (χ0n) is 14.7. The maximum absolute atomic E-state index is 12.7. The van der Waals surface area contributed by atoms with Gasteiger partial charge in [-0.1, -0.05) is 13.0 Å². The first kappa shape index (κ1) is 17.3. The summed E-state index contributed by atoms with van der Waals surface area (Å²) in [6.07, 6.45) is 3.85. The average molecular weight is 344 g/mol. The molecule has 0 radical (unpaired) electrons. The lowest BCUT2D eigenvalue weighted by atomic mass is 10.1. The lowest BCUT2D eigenvalue weighted by Crippen LogP contribution is -2.46. The number of piperidine rings is 1. The van der Waals surface area contributed by atoms with Crippen molar-refractivity contribution in [2.75, 3.05) is 19.7 Å². The van der Waals surface area contributed by atoms with Gasteiger partial charge in [0.1, 0.15) is 5.82 Å². The van der Waals surface area contributed by atoms with Crippen molar-refractivity contribution in [2.45, 2.75) is 39.2 Å². The van der Waals surface area contributed by atoms with Crippen LogP contribution in [0.2, 0.25) is 0 Å². The Hall–Kier alpha value is -2.57. The molecule has 0 spiro atoms. The highest BCUT2D eigenvalue weighted by Crippen LogP contribution is 2.16. The molecule has 25 heavy (non-hydrogen) atoms. The second kappa shape index (κ2) is 7.55. The summed E-state index contributed by atoms with van der Waals surface area (Å²) in [4.78, 5) is 30.6. The third-order valence-corrected chi connectivity index (χ3v) is 4.51. The van der Waals surface area contributed by atoms with E-state index >= 15 is 0 Å². The zero-order chi connectivity index (χ0) is 17.8. The predicted octanol–water partition coefficient (Wildman–Crippen LogP) is 2.25. The summed E-state index contributed by atoms with van der Waals surface area (Å²) in [5, 5.41) is 3.06. The maximum Gasteiger partial charge on any atom is 0.409 e. The second-order valence-electron chi connectivity index (χ2n) is 6.12. The lowest BCUT2D eigenvalue weighted by molar-refractivity contribution is 0.0858. The standard InChI is InChI=1S/C18H24N4O3/c1-3-15-20-16(14-7-5-6-10-22(14)15)17(23)19-13-8-11-21(12-9-13)18(24)25-4-2/h5-7,10,13H,3-4,8-9,11-12H2,1-2H3,(H,19,23). The SMILES string of the molecule is CCOC(=O)N1CCC(NC(=O)c2nc(CC)n3ccccc23)CC1. The Balaban J connectivity index is 1.65. The highest BCUT2D eigenvalue weighted by Gasteiger charge is 2.26. The van der Waals surface area contributed by atoms with Crippen molar-refractivity contribution < 1.29 is 14.3 Å². The van der Waals surface area contributed by atoms with Gasteiger partial charge < -0.3 is 19.4 Å². The first-order valence-corrected chi connectivity index (χ1v) is 8.82. The molecule has 0 aromatic carbocycles. The Morgan fingerprint density at radius 2 is 2.04 bits per heavy atom. The quantitative estimate of drug-likeness (QED) is 0.923. The van der Waals surface area contributed by atoms with Crippen LogP contribution in [-0.4, -0.2) is 52.0 Å². The van der Waals surface area contributed by atoms with Crippen LogP contribution in [0.5, 0.6) is 0 Å². The monoisotopic (exact) mass is 344 g/mol. The Morgan fingerprint density at radius 3 is 2.72 bits per heavy atom. The van der Waals surface area contributed by atoms with Crippen LogP contribution in [0.25, 0.3) is 5.52 Å². The van der Waals surface area contributed by atoms with E-state index in [4.69, 9.17) is 4.74 Å². The molecule has 1 aliphatic heterocycles. The smallest absolute Gasteiger partial charge is 0.409 e. The fourth-order valence-electron chi connectivity index (χ4n) is 3.19. The van der Waals surface area contributed by atoms with Gasteiger partial charge in [0.05, 0.1) is 12.1 Å². The van der Waals surface area contributed by atoms with E-state index in [1.807, 2.05) is 35.7 Å². The first-order valence-electron chi connectivity index (χ1n) is 8.82. The molecule has 3 rings (SSSR count). The minimum Gasteiger partial charge on any atom is -0.450 e. The number of likely N-dealkylation sites (tertiary alicyclic amines) is 1. The van der Waals surface area contributed by atoms with E-state index in [9.17, 15) is 9.59 Å². The molecule has 7 heteroatoms. The molecular formula is C18H24N4O3. The number of aromatic nitrogens is 2. The molecular weight excluding hydrogens is 320 g/mol. The van der Waals surface area contributed by atoms with E-state index in [-0.39, 0.29) is 18.0 Å². The van der Waals surface area contributed by atoms with Crippen LogP contribution in [0.3, 0.4) is 0 Å². The van der Waals surface area contributed by atoms with Gasteiger partial charge in [0, 0.05) is 31.7 Å². The van der Waals surface area contributed by atoms with E-state index in [2.05, 4.69) is 10.3 Å². The maximum atomic E-state index is 12.7.